The maximum atomic E-state index is 4.49. The summed E-state index contributed by atoms with van der Waals surface area (Å²) < 4.78 is 4.49. The van der Waals surface area contributed by atoms with Gasteiger partial charge in [-0.15, -0.1) is 6.58 Å². The average Bonchev–Trinajstić information content (AvgIpc) is 1.69. The van der Waals surface area contributed by atoms with Crippen LogP contribution in [0.1, 0.15) is 12.8 Å². The fourth-order valence-corrected chi connectivity index (χ4v) is 0.421. The standard InChI is InChI=1S/C5H10OS/c1-2-3-4-5-6-7/h2,7H,1,3-5H2. The van der Waals surface area contributed by atoms with Gasteiger partial charge in [0.25, 0.3) is 0 Å². The molecule has 0 aromatic heterocycles. The Kier molecular flexibility index (Phi) is 6.09. The van der Waals surface area contributed by atoms with Crippen LogP contribution >= 0.6 is 12.9 Å². The molecular formula is C5H10OS. The SMILES string of the molecule is C=CCCCOS. The van der Waals surface area contributed by atoms with Crippen molar-refractivity contribution in [3.63, 3.8) is 0 Å². The van der Waals surface area contributed by atoms with Gasteiger partial charge in [0.05, 0.1) is 6.61 Å². The molecular weight excluding hydrogens is 108 g/mol. The second-order valence-electron chi connectivity index (χ2n) is 1.26. The van der Waals surface area contributed by atoms with Gasteiger partial charge in [0.15, 0.2) is 0 Å². The van der Waals surface area contributed by atoms with Crippen LogP contribution in [0.15, 0.2) is 12.7 Å². The molecule has 0 atom stereocenters. The molecule has 0 aliphatic heterocycles. The first-order chi connectivity index (χ1) is 3.41. The summed E-state index contributed by atoms with van der Waals surface area (Å²) in [5.41, 5.74) is 0. The summed E-state index contributed by atoms with van der Waals surface area (Å²) in [6.07, 6.45) is 3.90. The van der Waals surface area contributed by atoms with Crippen LogP contribution in [0, 0.1) is 0 Å². The molecule has 0 aliphatic carbocycles. The van der Waals surface area contributed by atoms with Crippen LogP contribution in [-0.2, 0) is 4.18 Å². The monoisotopic (exact) mass is 118 g/mol. The number of unbranched alkanes of at least 4 members (excludes halogenated alkanes) is 1. The van der Waals surface area contributed by atoms with E-state index >= 15 is 0 Å². The minimum absolute atomic E-state index is 0.717. The van der Waals surface area contributed by atoms with Crippen LogP contribution in [0.4, 0.5) is 0 Å². The molecule has 0 spiro atoms. The van der Waals surface area contributed by atoms with Crippen LogP contribution in [0.3, 0.4) is 0 Å². The van der Waals surface area contributed by atoms with Gasteiger partial charge in [-0.25, -0.2) is 0 Å². The third-order valence-corrected chi connectivity index (χ3v) is 0.826. The molecule has 7 heavy (non-hydrogen) atoms. The fraction of sp³-hybridized carbons (Fsp3) is 0.600. The Labute approximate surface area is 50.0 Å². The Balaban J connectivity index is 2.56. The molecule has 0 heterocycles. The molecule has 42 valence electrons. The predicted octanol–water partition coefficient (Wildman–Crippen LogP) is 1.81. The molecule has 0 aromatic rings. The molecule has 0 saturated carbocycles. The fourth-order valence-electron chi connectivity index (χ4n) is 0.292. The van der Waals surface area contributed by atoms with Crippen molar-refractivity contribution < 1.29 is 4.18 Å². The smallest absolute Gasteiger partial charge is 0.0613 e. The maximum Gasteiger partial charge on any atom is 0.0613 e. The first-order valence-electron chi connectivity index (χ1n) is 2.29. The van der Waals surface area contributed by atoms with Gasteiger partial charge < -0.3 is 4.18 Å². The minimum Gasteiger partial charge on any atom is -0.318 e. The van der Waals surface area contributed by atoms with Gasteiger partial charge in [-0.05, 0) is 25.8 Å². The number of hydrogen-bond acceptors (Lipinski definition) is 2. The van der Waals surface area contributed by atoms with Gasteiger partial charge >= 0.3 is 0 Å². The Morgan fingerprint density at radius 3 is 2.86 bits per heavy atom. The zero-order valence-electron chi connectivity index (χ0n) is 4.26. The topological polar surface area (TPSA) is 9.23 Å². The molecule has 0 rings (SSSR count). The number of rotatable bonds is 4. The Morgan fingerprint density at radius 1 is 1.71 bits per heavy atom. The van der Waals surface area contributed by atoms with E-state index in [1.54, 1.807) is 0 Å². The minimum atomic E-state index is 0.717. The van der Waals surface area contributed by atoms with Crippen LogP contribution < -0.4 is 0 Å². The third kappa shape index (κ3) is 6.05. The third-order valence-electron chi connectivity index (χ3n) is 0.644. The highest BCUT2D eigenvalue weighted by Crippen LogP contribution is 1.90. The predicted molar refractivity (Wildman–Crippen MR) is 34.4 cm³/mol. The van der Waals surface area contributed by atoms with Crippen molar-refractivity contribution in [3.05, 3.63) is 12.7 Å². The summed E-state index contributed by atoms with van der Waals surface area (Å²) in [7, 11) is 0. The van der Waals surface area contributed by atoms with E-state index in [0.29, 0.717) is 0 Å². The highest BCUT2D eigenvalue weighted by atomic mass is 32.1. The van der Waals surface area contributed by atoms with E-state index in [0.717, 1.165) is 19.4 Å². The number of allylic oxidation sites excluding steroid dienone is 1. The molecule has 0 aromatic carbocycles. The quantitative estimate of drug-likeness (QED) is 0.256. The molecule has 0 unspecified atom stereocenters. The van der Waals surface area contributed by atoms with E-state index in [2.05, 4.69) is 23.7 Å². The van der Waals surface area contributed by atoms with E-state index in [-0.39, 0.29) is 0 Å². The Morgan fingerprint density at radius 2 is 2.43 bits per heavy atom. The van der Waals surface area contributed by atoms with E-state index in [1.807, 2.05) is 6.08 Å². The maximum absolute atomic E-state index is 4.49. The Hall–Kier alpha value is 0.0500. The van der Waals surface area contributed by atoms with E-state index in [4.69, 9.17) is 0 Å². The largest absolute Gasteiger partial charge is 0.318 e. The normalized spacial score (nSPS) is 8.71. The average molecular weight is 118 g/mol. The second-order valence-corrected chi connectivity index (χ2v) is 1.52. The molecule has 0 fully saturated rings. The highest BCUT2D eigenvalue weighted by Gasteiger charge is 1.77. The lowest BCUT2D eigenvalue weighted by Gasteiger charge is -1.89. The highest BCUT2D eigenvalue weighted by molar-refractivity contribution is 7.75. The van der Waals surface area contributed by atoms with Crippen molar-refractivity contribution in [2.75, 3.05) is 6.61 Å². The number of hydrogen-bond donors (Lipinski definition) is 1. The Bertz CT molecular complexity index is 45.3. The van der Waals surface area contributed by atoms with Crippen molar-refractivity contribution >= 4 is 12.9 Å². The van der Waals surface area contributed by atoms with Gasteiger partial charge in [-0.1, -0.05) is 6.08 Å². The summed E-state index contributed by atoms with van der Waals surface area (Å²) in [6.45, 7) is 4.27. The lowest BCUT2D eigenvalue weighted by molar-refractivity contribution is 0.374. The van der Waals surface area contributed by atoms with Crippen LogP contribution in [0.25, 0.3) is 0 Å². The molecule has 0 saturated heterocycles. The zero-order valence-corrected chi connectivity index (χ0v) is 5.16. The van der Waals surface area contributed by atoms with Crippen molar-refractivity contribution in [1.29, 1.82) is 0 Å². The zero-order chi connectivity index (χ0) is 5.54. The molecule has 0 radical (unpaired) electrons. The summed E-state index contributed by atoms with van der Waals surface area (Å²) in [5.74, 6) is 0. The molecule has 0 bridgehead atoms. The molecule has 0 N–H and O–H groups in total. The van der Waals surface area contributed by atoms with Crippen LogP contribution in [0.2, 0.25) is 0 Å². The van der Waals surface area contributed by atoms with Gasteiger partial charge in [0.1, 0.15) is 0 Å². The van der Waals surface area contributed by atoms with E-state index < -0.39 is 0 Å². The lowest BCUT2D eigenvalue weighted by atomic mass is 10.3. The van der Waals surface area contributed by atoms with Gasteiger partial charge in [-0.2, -0.15) is 0 Å². The van der Waals surface area contributed by atoms with Crippen LogP contribution in [-0.4, -0.2) is 6.61 Å². The second kappa shape index (κ2) is 6.05. The summed E-state index contributed by atoms with van der Waals surface area (Å²) in [6, 6.07) is 0. The molecule has 2 heteroatoms. The first-order valence-corrected chi connectivity index (χ1v) is 2.65. The summed E-state index contributed by atoms with van der Waals surface area (Å²) in [5, 5.41) is 0. The summed E-state index contributed by atoms with van der Waals surface area (Å²) in [4.78, 5) is 0. The molecule has 1 nitrogen and oxygen atoms in total. The number of thiol groups is 1. The van der Waals surface area contributed by atoms with Crippen LogP contribution in [0.5, 0.6) is 0 Å². The van der Waals surface area contributed by atoms with Crippen molar-refractivity contribution in [1.82, 2.24) is 0 Å². The van der Waals surface area contributed by atoms with E-state index in [1.165, 1.54) is 0 Å². The van der Waals surface area contributed by atoms with Gasteiger partial charge in [0.2, 0.25) is 0 Å². The van der Waals surface area contributed by atoms with Crippen molar-refractivity contribution in [3.8, 4) is 0 Å². The molecule has 0 amide bonds. The lowest BCUT2D eigenvalue weighted by Crippen LogP contribution is -1.80. The van der Waals surface area contributed by atoms with Gasteiger partial charge in [0, 0.05) is 0 Å². The van der Waals surface area contributed by atoms with Gasteiger partial charge in [-0.3, -0.25) is 0 Å². The van der Waals surface area contributed by atoms with E-state index in [9.17, 15) is 0 Å². The van der Waals surface area contributed by atoms with Crippen molar-refractivity contribution in [2.45, 2.75) is 12.8 Å². The molecule has 0 aliphatic rings. The summed E-state index contributed by atoms with van der Waals surface area (Å²) >= 11 is 3.56. The van der Waals surface area contributed by atoms with Crippen molar-refractivity contribution in [2.24, 2.45) is 0 Å². The first kappa shape index (κ1) is 7.05.